The summed E-state index contributed by atoms with van der Waals surface area (Å²) in [5.74, 6) is 0. The summed E-state index contributed by atoms with van der Waals surface area (Å²) in [7, 11) is 0. The van der Waals surface area contributed by atoms with Crippen molar-refractivity contribution < 1.29 is 4.84 Å². The molecule has 0 radical (unpaired) electrons. The number of alkyl halides is 1. The lowest BCUT2D eigenvalue weighted by atomic mass is 10.0. The van der Waals surface area contributed by atoms with Gasteiger partial charge in [-0.15, -0.1) is 11.6 Å². The van der Waals surface area contributed by atoms with Gasteiger partial charge in [-0.05, 0) is 19.1 Å². The van der Waals surface area contributed by atoms with Gasteiger partial charge in [0.25, 0.3) is 0 Å². The molecule has 2 atom stereocenters. The van der Waals surface area contributed by atoms with Gasteiger partial charge < -0.3 is 4.84 Å². The third kappa shape index (κ3) is 2.45. The zero-order valence-electron chi connectivity index (χ0n) is 8.58. The van der Waals surface area contributed by atoms with Crippen molar-refractivity contribution in [3.05, 3.63) is 33.8 Å². The van der Waals surface area contributed by atoms with E-state index in [0.29, 0.717) is 16.5 Å². The minimum absolute atomic E-state index is 0.0766. The second kappa shape index (κ2) is 4.82. The third-order valence-electron chi connectivity index (χ3n) is 2.45. The first-order valence-electron chi connectivity index (χ1n) is 4.90. The Morgan fingerprint density at radius 3 is 2.75 bits per heavy atom. The maximum absolute atomic E-state index is 6.08. The highest BCUT2D eigenvalue weighted by Gasteiger charge is 2.27. The zero-order valence-corrected chi connectivity index (χ0v) is 10.9. The van der Waals surface area contributed by atoms with Gasteiger partial charge >= 0.3 is 0 Å². The minimum Gasteiger partial charge on any atom is -0.390 e. The van der Waals surface area contributed by atoms with Gasteiger partial charge in [0.2, 0.25) is 0 Å². The molecule has 0 fully saturated rings. The van der Waals surface area contributed by atoms with E-state index in [0.717, 1.165) is 11.3 Å². The predicted molar refractivity (Wildman–Crippen MR) is 67.8 cm³/mol. The maximum atomic E-state index is 6.08. The Morgan fingerprint density at radius 1 is 1.44 bits per heavy atom. The van der Waals surface area contributed by atoms with E-state index in [4.69, 9.17) is 39.6 Å². The van der Waals surface area contributed by atoms with E-state index in [1.54, 1.807) is 12.1 Å². The van der Waals surface area contributed by atoms with Crippen LogP contribution >= 0.6 is 34.8 Å². The molecule has 1 aromatic carbocycles. The molecule has 1 aromatic rings. The summed E-state index contributed by atoms with van der Waals surface area (Å²) in [6.45, 7) is 1.88. The highest BCUT2D eigenvalue weighted by atomic mass is 35.5. The Morgan fingerprint density at radius 2 is 2.19 bits per heavy atom. The van der Waals surface area contributed by atoms with Crippen LogP contribution in [0.1, 0.15) is 18.9 Å². The summed E-state index contributed by atoms with van der Waals surface area (Å²) in [6.07, 6.45) is 0.592. The Bertz CT molecular complexity index is 431. The Labute approximate surface area is 109 Å². The molecule has 16 heavy (non-hydrogen) atoms. The fourth-order valence-electron chi connectivity index (χ4n) is 1.53. The molecule has 0 amide bonds. The largest absolute Gasteiger partial charge is 0.390 e. The zero-order chi connectivity index (χ0) is 11.7. The first-order valence-corrected chi connectivity index (χ1v) is 6.09. The highest BCUT2D eigenvalue weighted by Crippen LogP contribution is 2.27. The molecule has 1 aliphatic heterocycles. The smallest absolute Gasteiger partial charge is 0.149 e. The van der Waals surface area contributed by atoms with Gasteiger partial charge in [-0.2, -0.15) is 0 Å². The minimum atomic E-state index is -0.0802. The number of halogens is 3. The van der Waals surface area contributed by atoms with Crippen LogP contribution in [0.2, 0.25) is 10.0 Å². The molecule has 0 spiro atoms. The first kappa shape index (κ1) is 12.0. The van der Waals surface area contributed by atoms with E-state index in [1.165, 1.54) is 0 Å². The monoisotopic (exact) mass is 277 g/mol. The van der Waals surface area contributed by atoms with E-state index in [-0.39, 0.29) is 11.5 Å². The number of rotatable bonds is 2. The summed E-state index contributed by atoms with van der Waals surface area (Å²) >= 11 is 17.9. The average Bonchev–Trinajstić information content (AvgIpc) is 2.66. The standard InChI is InChI=1S/C11H10Cl3NO/c1-6(12)11-5-10(15-16-11)8-3-2-7(13)4-9(8)14/h2-4,6,11H,5H2,1H3. The van der Waals surface area contributed by atoms with Gasteiger partial charge in [0.05, 0.1) is 16.1 Å². The van der Waals surface area contributed by atoms with Crippen LogP contribution in [0.3, 0.4) is 0 Å². The molecule has 1 aliphatic rings. The number of benzene rings is 1. The first-order chi connectivity index (χ1) is 7.58. The van der Waals surface area contributed by atoms with Crippen LogP contribution in [-0.4, -0.2) is 17.2 Å². The number of hydrogen-bond acceptors (Lipinski definition) is 2. The van der Waals surface area contributed by atoms with Crippen molar-refractivity contribution in [2.45, 2.75) is 24.8 Å². The maximum Gasteiger partial charge on any atom is 0.149 e. The van der Waals surface area contributed by atoms with Crippen LogP contribution in [0.4, 0.5) is 0 Å². The highest BCUT2D eigenvalue weighted by molar-refractivity contribution is 6.37. The van der Waals surface area contributed by atoms with Crippen LogP contribution in [-0.2, 0) is 4.84 Å². The van der Waals surface area contributed by atoms with Gasteiger partial charge in [-0.25, -0.2) is 0 Å². The van der Waals surface area contributed by atoms with Crippen LogP contribution in [0.5, 0.6) is 0 Å². The topological polar surface area (TPSA) is 21.6 Å². The summed E-state index contributed by atoms with van der Waals surface area (Å²) < 4.78 is 0. The number of oxime groups is 1. The van der Waals surface area contributed by atoms with Crippen LogP contribution in [0, 0.1) is 0 Å². The molecule has 2 nitrogen and oxygen atoms in total. The Hall–Kier alpha value is -0.440. The summed E-state index contributed by atoms with van der Waals surface area (Å²) in [6, 6.07) is 5.31. The quantitative estimate of drug-likeness (QED) is 0.746. The van der Waals surface area contributed by atoms with Gasteiger partial charge in [0.1, 0.15) is 6.10 Å². The third-order valence-corrected chi connectivity index (χ3v) is 3.28. The molecule has 0 N–H and O–H groups in total. The summed E-state index contributed by atoms with van der Waals surface area (Å²) in [5, 5.41) is 5.12. The SMILES string of the molecule is CC(Cl)C1CC(c2ccc(Cl)cc2Cl)=NO1. The number of nitrogens with zero attached hydrogens (tertiary/aromatic N) is 1. The molecule has 2 rings (SSSR count). The fourth-order valence-corrected chi connectivity index (χ4v) is 2.18. The Balaban J connectivity index is 2.21. The van der Waals surface area contributed by atoms with Crippen molar-refractivity contribution in [1.82, 2.24) is 0 Å². The van der Waals surface area contributed by atoms with Gasteiger partial charge in [0, 0.05) is 17.0 Å². The molecule has 5 heteroatoms. The van der Waals surface area contributed by atoms with Crippen LogP contribution in [0.15, 0.2) is 23.4 Å². The molecule has 86 valence electrons. The van der Waals surface area contributed by atoms with Gasteiger partial charge in [-0.1, -0.05) is 34.4 Å². The molecule has 0 bridgehead atoms. The lowest BCUT2D eigenvalue weighted by Crippen LogP contribution is -2.18. The lowest BCUT2D eigenvalue weighted by molar-refractivity contribution is 0.0855. The molecule has 0 saturated carbocycles. The average molecular weight is 279 g/mol. The van der Waals surface area contributed by atoms with E-state index < -0.39 is 0 Å². The molecule has 0 aliphatic carbocycles. The van der Waals surface area contributed by atoms with Crippen molar-refractivity contribution in [2.75, 3.05) is 0 Å². The second-order valence-corrected chi connectivity index (χ2v) is 5.22. The second-order valence-electron chi connectivity index (χ2n) is 3.69. The molecule has 0 saturated heterocycles. The number of hydrogen-bond donors (Lipinski definition) is 0. The molecular weight excluding hydrogens is 268 g/mol. The molecular formula is C11H10Cl3NO. The van der Waals surface area contributed by atoms with Crippen molar-refractivity contribution in [2.24, 2.45) is 5.16 Å². The van der Waals surface area contributed by atoms with Crippen LogP contribution in [0.25, 0.3) is 0 Å². The summed E-state index contributed by atoms with van der Waals surface area (Å²) in [5.41, 5.74) is 1.67. The summed E-state index contributed by atoms with van der Waals surface area (Å²) in [4.78, 5) is 5.23. The van der Waals surface area contributed by atoms with E-state index >= 15 is 0 Å². The predicted octanol–water partition coefficient (Wildman–Crippen LogP) is 4.11. The van der Waals surface area contributed by atoms with Crippen molar-refractivity contribution >= 4 is 40.5 Å². The lowest BCUT2D eigenvalue weighted by Gasteiger charge is -2.09. The van der Waals surface area contributed by atoms with E-state index in [9.17, 15) is 0 Å². The molecule has 0 aromatic heterocycles. The van der Waals surface area contributed by atoms with E-state index in [1.807, 2.05) is 13.0 Å². The van der Waals surface area contributed by atoms with Gasteiger partial charge in [0.15, 0.2) is 0 Å². The fraction of sp³-hybridized carbons (Fsp3) is 0.364. The van der Waals surface area contributed by atoms with Crippen molar-refractivity contribution in [1.29, 1.82) is 0 Å². The molecule has 2 unspecified atom stereocenters. The Kier molecular flexibility index (Phi) is 3.63. The van der Waals surface area contributed by atoms with E-state index in [2.05, 4.69) is 5.16 Å². The van der Waals surface area contributed by atoms with Crippen molar-refractivity contribution in [3.63, 3.8) is 0 Å². The molecule has 1 heterocycles. The van der Waals surface area contributed by atoms with Gasteiger partial charge in [-0.3, -0.25) is 0 Å². The normalized spacial score (nSPS) is 21.5. The van der Waals surface area contributed by atoms with Crippen molar-refractivity contribution in [3.8, 4) is 0 Å². The van der Waals surface area contributed by atoms with Crippen LogP contribution < -0.4 is 0 Å².